The highest BCUT2D eigenvalue weighted by Crippen LogP contribution is 2.18. The first-order valence-corrected chi connectivity index (χ1v) is 8.24. The van der Waals surface area contributed by atoms with E-state index in [2.05, 4.69) is 20.6 Å². The third kappa shape index (κ3) is 3.75. The molecule has 0 atom stereocenters. The van der Waals surface area contributed by atoms with Crippen LogP contribution in [0, 0.1) is 0 Å². The molecule has 1 N–H and O–H groups in total. The van der Waals surface area contributed by atoms with Crippen LogP contribution in [-0.4, -0.2) is 25.9 Å². The molecule has 0 saturated heterocycles. The van der Waals surface area contributed by atoms with Crippen LogP contribution in [0.5, 0.6) is 0 Å². The number of amides is 1. The molecule has 0 saturated carbocycles. The Morgan fingerprint density at radius 1 is 1.35 bits per heavy atom. The Morgan fingerprint density at radius 2 is 2.17 bits per heavy atom. The zero-order valence-corrected chi connectivity index (χ0v) is 13.9. The first kappa shape index (κ1) is 15.6. The zero-order valence-electron chi connectivity index (χ0n) is 12.4. The quantitative estimate of drug-likeness (QED) is 0.769. The van der Waals surface area contributed by atoms with Crippen molar-refractivity contribution in [2.24, 2.45) is 0 Å². The molecule has 3 aromatic rings. The molecular formula is C15H14ClN5OS. The largest absolute Gasteiger partial charge is 0.296 e. The van der Waals surface area contributed by atoms with Crippen molar-refractivity contribution in [1.29, 1.82) is 0 Å². The van der Waals surface area contributed by atoms with Gasteiger partial charge < -0.3 is 0 Å². The Balaban J connectivity index is 1.68. The van der Waals surface area contributed by atoms with Crippen LogP contribution in [0.3, 0.4) is 0 Å². The molecule has 6 nitrogen and oxygen atoms in total. The molecule has 0 aliphatic heterocycles. The summed E-state index contributed by atoms with van der Waals surface area (Å²) in [5, 5.41) is 16.9. The molecule has 0 aliphatic rings. The normalized spacial score (nSPS) is 10.7. The van der Waals surface area contributed by atoms with Gasteiger partial charge in [-0.2, -0.15) is 5.10 Å². The third-order valence-electron chi connectivity index (χ3n) is 3.18. The predicted octanol–water partition coefficient (Wildman–Crippen LogP) is 3.25. The summed E-state index contributed by atoms with van der Waals surface area (Å²) in [5.74, 6) is -0.255. The van der Waals surface area contributed by atoms with E-state index in [0.29, 0.717) is 22.3 Å². The molecule has 8 heteroatoms. The Hall–Kier alpha value is -2.25. The molecule has 0 unspecified atom stereocenters. The first-order valence-electron chi connectivity index (χ1n) is 7.05. The minimum Gasteiger partial charge on any atom is -0.296 e. The lowest BCUT2D eigenvalue weighted by Gasteiger charge is -2.03. The summed E-state index contributed by atoms with van der Waals surface area (Å²) >= 11 is 7.50. The van der Waals surface area contributed by atoms with Crippen molar-refractivity contribution in [2.45, 2.75) is 19.9 Å². The number of anilines is 1. The van der Waals surface area contributed by atoms with E-state index in [0.717, 1.165) is 17.0 Å². The first-order chi connectivity index (χ1) is 11.2. The molecule has 2 heterocycles. The number of benzene rings is 1. The van der Waals surface area contributed by atoms with Gasteiger partial charge in [-0.15, -0.1) is 10.2 Å². The third-order valence-corrected chi connectivity index (χ3v) is 4.53. The van der Waals surface area contributed by atoms with E-state index in [-0.39, 0.29) is 5.91 Å². The van der Waals surface area contributed by atoms with Gasteiger partial charge in [0.25, 0.3) is 5.91 Å². The van der Waals surface area contributed by atoms with Crippen molar-refractivity contribution >= 4 is 34.0 Å². The number of carbonyl (C=O) groups excluding carboxylic acids is 1. The Morgan fingerprint density at radius 3 is 2.91 bits per heavy atom. The van der Waals surface area contributed by atoms with Crippen molar-refractivity contribution < 1.29 is 4.79 Å². The average Bonchev–Trinajstić information content (AvgIpc) is 3.19. The molecule has 0 aliphatic carbocycles. The standard InChI is InChI=1S/C15H14ClN5OS/c1-2-13-19-20-15(23-13)18-14(22)11-7-17-21(9-11)8-10-5-3-4-6-12(10)16/h3-7,9H,2,8H2,1H3,(H,18,20,22). The van der Waals surface area contributed by atoms with Gasteiger partial charge in [0.15, 0.2) is 0 Å². The number of rotatable bonds is 5. The average molecular weight is 348 g/mol. The maximum absolute atomic E-state index is 12.2. The van der Waals surface area contributed by atoms with Crippen molar-refractivity contribution in [3.8, 4) is 0 Å². The summed E-state index contributed by atoms with van der Waals surface area (Å²) in [5.41, 5.74) is 1.41. The number of aryl methyl sites for hydroxylation is 1. The summed E-state index contributed by atoms with van der Waals surface area (Å²) in [7, 11) is 0. The van der Waals surface area contributed by atoms with E-state index in [1.165, 1.54) is 17.5 Å². The van der Waals surface area contributed by atoms with Gasteiger partial charge in [0.05, 0.1) is 18.3 Å². The van der Waals surface area contributed by atoms with E-state index < -0.39 is 0 Å². The van der Waals surface area contributed by atoms with E-state index >= 15 is 0 Å². The van der Waals surface area contributed by atoms with Crippen LogP contribution in [0.25, 0.3) is 0 Å². The van der Waals surface area contributed by atoms with Crippen LogP contribution < -0.4 is 5.32 Å². The molecule has 1 amide bonds. The SMILES string of the molecule is CCc1nnc(NC(=O)c2cnn(Cc3ccccc3Cl)c2)s1. The monoisotopic (exact) mass is 347 g/mol. The molecule has 0 fully saturated rings. The Kier molecular flexibility index (Phi) is 4.68. The van der Waals surface area contributed by atoms with Crippen LogP contribution in [0.2, 0.25) is 5.02 Å². The minimum absolute atomic E-state index is 0.255. The van der Waals surface area contributed by atoms with E-state index in [1.54, 1.807) is 10.9 Å². The van der Waals surface area contributed by atoms with Gasteiger partial charge in [0, 0.05) is 11.2 Å². The lowest BCUT2D eigenvalue weighted by molar-refractivity contribution is 0.102. The van der Waals surface area contributed by atoms with Crippen LogP contribution in [0.4, 0.5) is 5.13 Å². The van der Waals surface area contributed by atoms with Crippen LogP contribution in [0.1, 0.15) is 27.9 Å². The zero-order chi connectivity index (χ0) is 16.2. The highest BCUT2D eigenvalue weighted by Gasteiger charge is 2.12. The summed E-state index contributed by atoms with van der Waals surface area (Å²) in [6, 6.07) is 7.55. The second-order valence-electron chi connectivity index (χ2n) is 4.83. The molecule has 1 aromatic carbocycles. The topological polar surface area (TPSA) is 72.7 Å². The lowest BCUT2D eigenvalue weighted by atomic mass is 10.2. The summed E-state index contributed by atoms with van der Waals surface area (Å²) in [4.78, 5) is 12.2. The second kappa shape index (κ2) is 6.89. The van der Waals surface area contributed by atoms with Crippen molar-refractivity contribution in [3.05, 3.63) is 57.8 Å². The van der Waals surface area contributed by atoms with Gasteiger partial charge in [0.2, 0.25) is 5.13 Å². The van der Waals surface area contributed by atoms with E-state index in [9.17, 15) is 4.79 Å². The number of aromatic nitrogens is 4. The number of nitrogens with zero attached hydrogens (tertiary/aromatic N) is 4. The second-order valence-corrected chi connectivity index (χ2v) is 6.30. The van der Waals surface area contributed by atoms with E-state index in [4.69, 9.17) is 11.6 Å². The fourth-order valence-corrected chi connectivity index (χ4v) is 2.85. The molecule has 0 spiro atoms. The van der Waals surface area contributed by atoms with Crippen LogP contribution in [-0.2, 0) is 13.0 Å². The Bertz CT molecular complexity index is 829. The summed E-state index contributed by atoms with van der Waals surface area (Å²) < 4.78 is 1.67. The van der Waals surface area contributed by atoms with Crippen LogP contribution >= 0.6 is 22.9 Å². The number of hydrogen-bond donors (Lipinski definition) is 1. The summed E-state index contributed by atoms with van der Waals surface area (Å²) in [6.07, 6.45) is 4.00. The number of hydrogen-bond acceptors (Lipinski definition) is 5. The lowest BCUT2D eigenvalue weighted by Crippen LogP contribution is -2.11. The van der Waals surface area contributed by atoms with Gasteiger partial charge >= 0.3 is 0 Å². The van der Waals surface area contributed by atoms with Crippen molar-refractivity contribution in [2.75, 3.05) is 5.32 Å². The fourth-order valence-electron chi connectivity index (χ4n) is 1.98. The van der Waals surface area contributed by atoms with Gasteiger partial charge in [0.1, 0.15) is 5.01 Å². The highest BCUT2D eigenvalue weighted by molar-refractivity contribution is 7.15. The van der Waals surface area contributed by atoms with Crippen molar-refractivity contribution in [1.82, 2.24) is 20.0 Å². The highest BCUT2D eigenvalue weighted by atomic mass is 35.5. The fraction of sp³-hybridized carbons (Fsp3) is 0.200. The smallest absolute Gasteiger partial charge is 0.260 e. The van der Waals surface area contributed by atoms with Crippen molar-refractivity contribution in [3.63, 3.8) is 0 Å². The number of carbonyl (C=O) groups is 1. The molecule has 0 bridgehead atoms. The Labute approximate surface area is 142 Å². The molecule has 2 aromatic heterocycles. The predicted molar refractivity (Wildman–Crippen MR) is 90.0 cm³/mol. The molecule has 23 heavy (non-hydrogen) atoms. The van der Waals surface area contributed by atoms with Gasteiger partial charge in [-0.25, -0.2) is 0 Å². The molecule has 0 radical (unpaired) electrons. The maximum Gasteiger partial charge on any atom is 0.260 e. The molecule has 3 rings (SSSR count). The summed E-state index contributed by atoms with van der Waals surface area (Å²) in [6.45, 7) is 2.50. The van der Waals surface area contributed by atoms with Crippen LogP contribution in [0.15, 0.2) is 36.7 Å². The van der Waals surface area contributed by atoms with E-state index in [1.807, 2.05) is 31.2 Å². The molecule has 118 valence electrons. The van der Waals surface area contributed by atoms with Gasteiger partial charge in [-0.3, -0.25) is 14.8 Å². The minimum atomic E-state index is -0.255. The molecular weight excluding hydrogens is 334 g/mol. The van der Waals surface area contributed by atoms with Gasteiger partial charge in [-0.1, -0.05) is 48.1 Å². The number of nitrogens with one attached hydrogen (secondary N) is 1. The van der Waals surface area contributed by atoms with Gasteiger partial charge in [-0.05, 0) is 18.1 Å². The number of halogens is 1. The maximum atomic E-state index is 12.2.